The van der Waals surface area contributed by atoms with Crippen molar-refractivity contribution in [1.82, 2.24) is 4.90 Å². The molecule has 2 heterocycles. The Morgan fingerprint density at radius 3 is 2.65 bits per heavy atom. The van der Waals surface area contributed by atoms with E-state index in [9.17, 15) is 22.8 Å². The van der Waals surface area contributed by atoms with E-state index < -0.39 is 18.4 Å². The number of ether oxygens (including phenoxy) is 2. The lowest BCUT2D eigenvalue weighted by Gasteiger charge is -2.30. The van der Waals surface area contributed by atoms with E-state index in [1.54, 1.807) is 0 Å². The van der Waals surface area contributed by atoms with Gasteiger partial charge in [-0.2, -0.15) is 0 Å². The molecular weight excluding hydrogens is 491 g/mol. The fourth-order valence-electron chi connectivity index (χ4n) is 4.65. The predicted octanol–water partition coefficient (Wildman–Crippen LogP) is 4.43. The van der Waals surface area contributed by atoms with Crippen molar-refractivity contribution < 1.29 is 37.3 Å². The number of aliphatic carboxylic acids is 1. The molecule has 2 aromatic carbocycles. The number of amides is 1. The smallest absolute Gasteiger partial charge is 0.481 e. The molecule has 37 heavy (non-hydrogen) atoms. The molecule has 8 nitrogen and oxygen atoms in total. The van der Waals surface area contributed by atoms with Crippen LogP contribution in [0.4, 0.5) is 24.5 Å². The molecule has 1 saturated heterocycles. The standard InChI is InChI=1S/C26H30F3N3O5/c1-16-4-6-20(18(13-16)3-2-10-32-11-8-17(9-12-32)25(34)35)31-24(33)23-15-30-21-14-19(37-26(27,28)29)5-7-22(21)36-23/h4-7,13-14,17,23,30H,2-3,8-12,15H2,1H3,(H,31,33)(H,34,35). The molecule has 200 valence electrons. The van der Waals surface area contributed by atoms with Gasteiger partial charge >= 0.3 is 12.3 Å². The number of hydrogen-bond donors (Lipinski definition) is 3. The van der Waals surface area contributed by atoms with Crippen LogP contribution in [-0.4, -0.2) is 60.5 Å². The largest absolute Gasteiger partial charge is 0.573 e. The second-order valence-corrected chi connectivity index (χ2v) is 9.40. The van der Waals surface area contributed by atoms with Gasteiger partial charge in [0.05, 0.1) is 18.2 Å². The minimum absolute atomic E-state index is 0.0851. The summed E-state index contributed by atoms with van der Waals surface area (Å²) in [7, 11) is 0. The zero-order valence-electron chi connectivity index (χ0n) is 20.4. The number of fused-ring (bicyclic) bond motifs is 1. The number of nitrogens with zero attached hydrogens (tertiary/aromatic N) is 1. The predicted molar refractivity (Wildman–Crippen MR) is 131 cm³/mol. The Labute approximate surface area is 212 Å². The quantitative estimate of drug-likeness (QED) is 0.473. The first-order chi connectivity index (χ1) is 17.6. The summed E-state index contributed by atoms with van der Waals surface area (Å²) in [5.41, 5.74) is 3.06. The number of anilines is 2. The number of carboxylic acid groups (broad SMARTS) is 1. The maximum absolute atomic E-state index is 13.0. The highest BCUT2D eigenvalue weighted by molar-refractivity contribution is 5.96. The topological polar surface area (TPSA) is 100 Å². The number of nitrogens with one attached hydrogen (secondary N) is 2. The fourth-order valence-corrected chi connectivity index (χ4v) is 4.65. The zero-order valence-corrected chi connectivity index (χ0v) is 20.4. The molecule has 0 saturated carbocycles. The first-order valence-corrected chi connectivity index (χ1v) is 12.2. The molecule has 2 aromatic rings. The Bertz CT molecular complexity index is 1130. The van der Waals surface area contributed by atoms with E-state index in [1.165, 1.54) is 12.1 Å². The third-order valence-corrected chi connectivity index (χ3v) is 6.60. The first-order valence-electron chi connectivity index (χ1n) is 12.2. The average Bonchev–Trinajstić information content (AvgIpc) is 2.84. The third kappa shape index (κ3) is 7.28. The highest BCUT2D eigenvalue weighted by atomic mass is 19.4. The van der Waals surface area contributed by atoms with Crippen LogP contribution in [0.2, 0.25) is 0 Å². The van der Waals surface area contributed by atoms with Gasteiger partial charge in [-0.15, -0.1) is 13.2 Å². The number of rotatable bonds is 8. The highest BCUT2D eigenvalue weighted by Crippen LogP contribution is 2.35. The molecule has 0 aliphatic carbocycles. The molecule has 3 N–H and O–H groups in total. The highest BCUT2D eigenvalue weighted by Gasteiger charge is 2.32. The molecule has 2 aliphatic heterocycles. The van der Waals surface area contributed by atoms with Crippen LogP contribution in [0.25, 0.3) is 0 Å². The number of alkyl halides is 3. The Morgan fingerprint density at radius 1 is 1.19 bits per heavy atom. The number of carbonyl (C=O) groups excluding carboxylic acids is 1. The van der Waals surface area contributed by atoms with Crippen LogP contribution in [0, 0.1) is 12.8 Å². The summed E-state index contributed by atoms with van der Waals surface area (Å²) in [5, 5.41) is 15.0. The van der Waals surface area contributed by atoms with E-state index in [4.69, 9.17) is 9.84 Å². The van der Waals surface area contributed by atoms with Crippen molar-refractivity contribution in [2.75, 3.05) is 36.8 Å². The molecule has 0 radical (unpaired) electrons. The SMILES string of the molecule is Cc1ccc(NC(=O)C2CNc3cc(OC(F)(F)F)ccc3O2)c(CCCN2CCC(C(=O)O)CC2)c1. The van der Waals surface area contributed by atoms with E-state index in [0.717, 1.165) is 49.7 Å². The molecule has 1 fully saturated rings. The van der Waals surface area contributed by atoms with Crippen molar-refractivity contribution in [3.8, 4) is 11.5 Å². The van der Waals surface area contributed by atoms with Crippen LogP contribution in [0.15, 0.2) is 36.4 Å². The maximum atomic E-state index is 13.0. The van der Waals surface area contributed by atoms with Gasteiger partial charge < -0.3 is 30.1 Å². The van der Waals surface area contributed by atoms with Crippen LogP contribution in [0.1, 0.15) is 30.4 Å². The molecule has 11 heteroatoms. The summed E-state index contributed by atoms with van der Waals surface area (Å²) < 4.78 is 47.1. The van der Waals surface area contributed by atoms with Crippen LogP contribution in [0.5, 0.6) is 11.5 Å². The van der Waals surface area contributed by atoms with Gasteiger partial charge in [-0.05, 0) is 76.0 Å². The number of carboxylic acids is 1. The third-order valence-electron chi connectivity index (χ3n) is 6.60. The number of halogens is 3. The van der Waals surface area contributed by atoms with E-state index in [2.05, 4.69) is 20.3 Å². The Kier molecular flexibility index (Phi) is 8.11. The molecule has 2 aliphatic rings. The van der Waals surface area contributed by atoms with E-state index in [-0.39, 0.29) is 29.9 Å². The van der Waals surface area contributed by atoms with Gasteiger partial charge in [-0.25, -0.2) is 0 Å². The molecule has 0 bridgehead atoms. The lowest BCUT2D eigenvalue weighted by atomic mass is 9.96. The van der Waals surface area contributed by atoms with E-state index in [0.29, 0.717) is 24.2 Å². The number of piperidine rings is 1. The normalized spacial score (nSPS) is 18.3. The van der Waals surface area contributed by atoms with Crippen molar-refractivity contribution in [2.24, 2.45) is 5.92 Å². The number of likely N-dealkylation sites (tertiary alicyclic amines) is 1. The molecule has 1 atom stereocenters. The lowest BCUT2D eigenvalue weighted by Crippen LogP contribution is -2.41. The van der Waals surface area contributed by atoms with Crippen molar-refractivity contribution in [3.63, 3.8) is 0 Å². The Balaban J connectivity index is 1.32. The zero-order chi connectivity index (χ0) is 26.6. The van der Waals surface area contributed by atoms with E-state index >= 15 is 0 Å². The number of benzene rings is 2. The fraction of sp³-hybridized carbons (Fsp3) is 0.462. The van der Waals surface area contributed by atoms with Crippen molar-refractivity contribution in [3.05, 3.63) is 47.5 Å². The summed E-state index contributed by atoms with van der Waals surface area (Å²) >= 11 is 0. The molecule has 0 spiro atoms. The van der Waals surface area contributed by atoms with Crippen molar-refractivity contribution >= 4 is 23.3 Å². The average molecular weight is 522 g/mol. The van der Waals surface area contributed by atoms with Crippen molar-refractivity contribution in [2.45, 2.75) is 45.1 Å². The molecule has 1 unspecified atom stereocenters. The Morgan fingerprint density at radius 2 is 1.95 bits per heavy atom. The maximum Gasteiger partial charge on any atom is 0.573 e. The first kappa shape index (κ1) is 26.6. The van der Waals surface area contributed by atoms with Gasteiger partial charge in [-0.1, -0.05) is 17.7 Å². The van der Waals surface area contributed by atoms with Gasteiger partial charge in [0.15, 0.2) is 6.10 Å². The monoisotopic (exact) mass is 521 g/mol. The second kappa shape index (κ2) is 11.3. The van der Waals surface area contributed by atoms with Crippen LogP contribution < -0.4 is 20.1 Å². The summed E-state index contributed by atoms with van der Waals surface area (Å²) in [5.74, 6) is -1.46. The second-order valence-electron chi connectivity index (χ2n) is 9.40. The lowest BCUT2D eigenvalue weighted by molar-refractivity contribution is -0.274. The van der Waals surface area contributed by atoms with Gasteiger partial charge in [0.25, 0.3) is 5.91 Å². The minimum atomic E-state index is -4.80. The number of carbonyl (C=O) groups is 2. The molecule has 0 aromatic heterocycles. The molecule has 1 amide bonds. The van der Waals surface area contributed by atoms with Crippen LogP contribution >= 0.6 is 0 Å². The van der Waals surface area contributed by atoms with Crippen LogP contribution in [-0.2, 0) is 16.0 Å². The Hall–Kier alpha value is -3.47. The van der Waals surface area contributed by atoms with Gasteiger partial charge in [0.1, 0.15) is 11.5 Å². The minimum Gasteiger partial charge on any atom is -0.481 e. The molecular formula is C26H30F3N3O5. The summed E-state index contributed by atoms with van der Waals surface area (Å²) in [6, 6.07) is 9.44. The molecule has 4 rings (SSSR count). The van der Waals surface area contributed by atoms with E-state index in [1.807, 2.05) is 25.1 Å². The van der Waals surface area contributed by atoms with Gasteiger partial charge in [0.2, 0.25) is 0 Å². The van der Waals surface area contributed by atoms with Crippen LogP contribution in [0.3, 0.4) is 0 Å². The summed E-state index contributed by atoms with van der Waals surface area (Å²) in [6.45, 7) is 4.45. The van der Waals surface area contributed by atoms with Gasteiger partial charge in [-0.3, -0.25) is 9.59 Å². The van der Waals surface area contributed by atoms with Gasteiger partial charge in [0, 0.05) is 11.8 Å². The van der Waals surface area contributed by atoms with Crippen molar-refractivity contribution in [1.29, 1.82) is 0 Å². The number of hydrogen-bond acceptors (Lipinski definition) is 6. The summed E-state index contributed by atoms with van der Waals surface area (Å²) in [4.78, 5) is 26.4. The summed E-state index contributed by atoms with van der Waals surface area (Å²) in [6.07, 6.45) is -2.74. The number of aryl methyl sites for hydroxylation is 2.